The van der Waals surface area contributed by atoms with Crippen molar-refractivity contribution in [1.29, 1.82) is 0 Å². The van der Waals surface area contributed by atoms with E-state index in [4.69, 9.17) is 0 Å². The van der Waals surface area contributed by atoms with Crippen molar-refractivity contribution in [2.75, 3.05) is 6.54 Å². The monoisotopic (exact) mass is 365 g/mol. The molecule has 96 valence electrons. The highest BCUT2D eigenvalue weighted by molar-refractivity contribution is 14.1. The van der Waals surface area contributed by atoms with Crippen LogP contribution < -0.4 is 5.32 Å². The fourth-order valence-electron chi connectivity index (χ4n) is 1.98. The number of carbonyl (C=O) groups is 1. The molecule has 0 aromatic carbocycles. The molecule has 0 aliphatic rings. The summed E-state index contributed by atoms with van der Waals surface area (Å²) in [6.07, 6.45) is 0. The molecule has 1 N–H and O–H groups in total. The van der Waals surface area contributed by atoms with Crippen molar-refractivity contribution in [3.05, 3.63) is 19.9 Å². The number of nitrogens with one attached hydrogen (secondary N) is 1. The fourth-order valence-corrected chi connectivity index (χ4v) is 3.31. The predicted molar refractivity (Wildman–Crippen MR) is 82.5 cm³/mol. The molecule has 0 fully saturated rings. The van der Waals surface area contributed by atoms with Crippen LogP contribution in [0.4, 0.5) is 0 Å². The van der Waals surface area contributed by atoms with Gasteiger partial charge >= 0.3 is 0 Å². The van der Waals surface area contributed by atoms with Gasteiger partial charge in [0.15, 0.2) is 0 Å². The van der Waals surface area contributed by atoms with Crippen LogP contribution in [-0.2, 0) is 0 Å². The topological polar surface area (TPSA) is 29.1 Å². The third-order valence-corrected chi connectivity index (χ3v) is 4.83. The molecule has 0 aliphatic heterocycles. The highest BCUT2D eigenvalue weighted by Gasteiger charge is 2.18. The SMILES string of the molecule is CC(C)C(CNC(=O)c1csc(I)c1)C(C)C. The summed E-state index contributed by atoms with van der Waals surface area (Å²) in [6.45, 7) is 9.62. The maximum absolute atomic E-state index is 11.9. The lowest BCUT2D eigenvalue weighted by Crippen LogP contribution is -2.33. The van der Waals surface area contributed by atoms with Crippen molar-refractivity contribution in [3.8, 4) is 0 Å². The molecule has 0 atom stereocenters. The third-order valence-electron chi connectivity index (χ3n) is 3.04. The zero-order valence-electron chi connectivity index (χ0n) is 10.8. The molecule has 1 aromatic heterocycles. The maximum atomic E-state index is 11.9. The van der Waals surface area contributed by atoms with Crippen molar-refractivity contribution < 1.29 is 4.79 Å². The number of thiophene rings is 1. The second kappa shape index (κ2) is 6.73. The molecular weight excluding hydrogens is 345 g/mol. The fraction of sp³-hybridized carbons (Fsp3) is 0.615. The lowest BCUT2D eigenvalue weighted by atomic mass is 9.85. The minimum atomic E-state index is 0.0514. The first kappa shape index (κ1) is 15.0. The van der Waals surface area contributed by atoms with Gasteiger partial charge in [-0.05, 0) is 46.4 Å². The Morgan fingerprint density at radius 1 is 1.35 bits per heavy atom. The van der Waals surface area contributed by atoms with E-state index in [1.807, 2.05) is 11.4 Å². The number of amides is 1. The minimum absolute atomic E-state index is 0.0514. The maximum Gasteiger partial charge on any atom is 0.252 e. The zero-order chi connectivity index (χ0) is 13.0. The van der Waals surface area contributed by atoms with Crippen LogP contribution in [0.15, 0.2) is 11.4 Å². The Labute approximate surface area is 121 Å². The molecule has 4 heteroatoms. The predicted octanol–water partition coefficient (Wildman–Crippen LogP) is 4.01. The molecule has 0 unspecified atom stereocenters. The van der Waals surface area contributed by atoms with Gasteiger partial charge in [-0.2, -0.15) is 0 Å². The third kappa shape index (κ3) is 4.58. The Morgan fingerprint density at radius 3 is 2.35 bits per heavy atom. The van der Waals surface area contributed by atoms with E-state index in [0.29, 0.717) is 17.8 Å². The van der Waals surface area contributed by atoms with E-state index < -0.39 is 0 Å². The molecule has 0 bridgehead atoms. The summed E-state index contributed by atoms with van der Waals surface area (Å²) in [4.78, 5) is 11.9. The Hall–Kier alpha value is -0.100. The molecule has 0 saturated carbocycles. The molecule has 0 spiro atoms. The quantitative estimate of drug-likeness (QED) is 0.785. The first-order chi connectivity index (χ1) is 7.91. The zero-order valence-corrected chi connectivity index (χ0v) is 13.8. The Kier molecular flexibility index (Phi) is 5.92. The summed E-state index contributed by atoms with van der Waals surface area (Å²) in [6, 6.07) is 1.93. The molecule has 0 saturated heterocycles. The summed E-state index contributed by atoms with van der Waals surface area (Å²) in [5.74, 6) is 1.78. The van der Waals surface area contributed by atoms with Gasteiger partial charge in [-0.15, -0.1) is 11.3 Å². The van der Waals surface area contributed by atoms with Crippen LogP contribution in [0.3, 0.4) is 0 Å². The summed E-state index contributed by atoms with van der Waals surface area (Å²) in [5.41, 5.74) is 0.783. The van der Waals surface area contributed by atoms with E-state index in [1.54, 1.807) is 11.3 Å². The largest absolute Gasteiger partial charge is 0.352 e. The van der Waals surface area contributed by atoms with Crippen molar-refractivity contribution in [2.45, 2.75) is 27.7 Å². The Balaban J connectivity index is 2.52. The van der Waals surface area contributed by atoms with Crippen LogP contribution in [0.1, 0.15) is 38.1 Å². The first-order valence-corrected chi connectivity index (χ1v) is 7.90. The van der Waals surface area contributed by atoms with Crippen LogP contribution in [0.2, 0.25) is 0 Å². The highest BCUT2D eigenvalue weighted by atomic mass is 127. The minimum Gasteiger partial charge on any atom is -0.352 e. The first-order valence-electron chi connectivity index (χ1n) is 5.94. The molecule has 1 rings (SSSR count). The molecule has 17 heavy (non-hydrogen) atoms. The number of halogens is 1. The van der Waals surface area contributed by atoms with Gasteiger partial charge in [0.25, 0.3) is 5.91 Å². The molecular formula is C13H20INOS. The van der Waals surface area contributed by atoms with Gasteiger partial charge in [0, 0.05) is 11.9 Å². The van der Waals surface area contributed by atoms with Gasteiger partial charge in [0.05, 0.1) is 8.45 Å². The molecule has 1 aromatic rings. The van der Waals surface area contributed by atoms with E-state index in [-0.39, 0.29) is 5.91 Å². The number of carbonyl (C=O) groups excluding carboxylic acids is 1. The van der Waals surface area contributed by atoms with Gasteiger partial charge in [0.2, 0.25) is 0 Å². The van der Waals surface area contributed by atoms with Crippen molar-refractivity contribution >= 4 is 39.8 Å². The molecule has 1 heterocycles. The molecule has 2 nitrogen and oxygen atoms in total. The van der Waals surface area contributed by atoms with E-state index in [9.17, 15) is 4.79 Å². The average molecular weight is 365 g/mol. The lowest BCUT2D eigenvalue weighted by molar-refractivity contribution is 0.0937. The van der Waals surface area contributed by atoms with Gasteiger partial charge < -0.3 is 5.32 Å². The smallest absolute Gasteiger partial charge is 0.252 e. The molecule has 1 amide bonds. The van der Waals surface area contributed by atoms with E-state index in [1.165, 1.54) is 0 Å². The second-order valence-corrected chi connectivity index (χ2v) is 7.81. The second-order valence-electron chi connectivity index (χ2n) is 5.00. The van der Waals surface area contributed by atoms with Crippen molar-refractivity contribution in [3.63, 3.8) is 0 Å². The Morgan fingerprint density at radius 2 is 1.94 bits per heavy atom. The Bertz CT molecular complexity index is 365. The van der Waals surface area contributed by atoms with Gasteiger partial charge in [0.1, 0.15) is 0 Å². The van der Waals surface area contributed by atoms with E-state index in [2.05, 4.69) is 55.6 Å². The van der Waals surface area contributed by atoms with Gasteiger partial charge in [-0.1, -0.05) is 27.7 Å². The lowest BCUT2D eigenvalue weighted by Gasteiger charge is -2.24. The summed E-state index contributed by atoms with van der Waals surface area (Å²) in [7, 11) is 0. The van der Waals surface area contributed by atoms with Crippen LogP contribution >= 0.6 is 33.9 Å². The summed E-state index contributed by atoms with van der Waals surface area (Å²) < 4.78 is 1.15. The normalized spacial score (nSPS) is 11.5. The highest BCUT2D eigenvalue weighted by Crippen LogP contribution is 2.20. The van der Waals surface area contributed by atoms with Crippen LogP contribution in [0.5, 0.6) is 0 Å². The van der Waals surface area contributed by atoms with E-state index >= 15 is 0 Å². The number of hydrogen-bond acceptors (Lipinski definition) is 2. The average Bonchev–Trinajstić information content (AvgIpc) is 2.63. The molecule has 0 radical (unpaired) electrons. The number of rotatable bonds is 5. The van der Waals surface area contributed by atoms with Crippen LogP contribution in [-0.4, -0.2) is 12.5 Å². The summed E-state index contributed by atoms with van der Waals surface area (Å²) >= 11 is 3.84. The molecule has 0 aliphatic carbocycles. The van der Waals surface area contributed by atoms with Crippen molar-refractivity contribution in [2.24, 2.45) is 17.8 Å². The summed E-state index contributed by atoms with van der Waals surface area (Å²) in [5, 5.41) is 4.95. The standard InChI is InChI=1S/C13H20INOS/c1-8(2)11(9(3)4)6-15-13(16)10-5-12(14)17-7-10/h5,7-9,11H,6H2,1-4H3,(H,15,16). The van der Waals surface area contributed by atoms with E-state index in [0.717, 1.165) is 15.0 Å². The van der Waals surface area contributed by atoms with Gasteiger partial charge in [-0.3, -0.25) is 4.79 Å². The van der Waals surface area contributed by atoms with Crippen molar-refractivity contribution in [1.82, 2.24) is 5.32 Å². The van der Waals surface area contributed by atoms with Gasteiger partial charge in [-0.25, -0.2) is 0 Å². The number of hydrogen-bond donors (Lipinski definition) is 1. The van der Waals surface area contributed by atoms with Crippen LogP contribution in [0.25, 0.3) is 0 Å². The van der Waals surface area contributed by atoms with Crippen LogP contribution in [0, 0.1) is 20.6 Å².